The average Bonchev–Trinajstić information content (AvgIpc) is 2.38. The number of piperidine rings is 1. The van der Waals surface area contributed by atoms with Crippen LogP contribution in [0.2, 0.25) is 0 Å². The van der Waals surface area contributed by atoms with Gasteiger partial charge in [-0.3, -0.25) is 4.79 Å². The second kappa shape index (κ2) is 5.83. The number of benzene rings is 1. The molecule has 2 rings (SSSR count). The van der Waals surface area contributed by atoms with E-state index in [4.69, 9.17) is 4.74 Å². The van der Waals surface area contributed by atoms with Crippen LogP contribution in [0.25, 0.3) is 0 Å². The Bertz CT molecular complexity index is 486. The first-order chi connectivity index (χ1) is 9.41. The largest absolute Gasteiger partial charge is 0.496 e. The number of hydrogen-bond acceptors (Lipinski definition) is 3. The predicted molar refractivity (Wildman–Crippen MR) is 77.9 cm³/mol. The van der Waals surface area contributed by atoms with Gasteiger partial charge in [-0.1, -0.05) is 17.7 Å². The molecule has 0 spiro atoms. The molecule has 4 heteroatoms. The lowest BCUT2D eigenvalue weighted by atomic mass is 9.93. The normalized spacial score (nSPS) is 17.9. The first-order valence-electron chi connectivity index (χ1n) is 7.05. The summed E-state index contributed by atoms with van der Waals surface area (Å²) in [7, 11) is 1.62. The highest BCUT2D eigenvalue weighted by molar-refractivity contribution is 5.79. The third kappa shape index (κ3) is 3.51. The van der Waals surface area contributed by atoms with Crippen molar-refractivity contribution in [2.75, 3.05) is 20.2 Å². The van der Waals surface area contributed by atoms with Gasteiger partial charge in [0.25, 0.3) is 0 Å². The molecule has 110 valence electrons. The van der Waals surface area contributed by atoms with Crippen molar-refractivity contribution in [3.63, 3.8) is 0 Å². The zero-order chi connectivity index (χ0) is 14.8. The van der Waals surface area contributed by atoms with Gasteiger partial charge in [-0.25, -0.2) is 0 Å². The maximum atomic E-state index is 12.3. The fraction of sp³-hybridized carbons (Fsp3) is 0.562. The SMILES string of the molecule is COc1ccc(C)cc1CC(=O)N1CCC(C)(O)CC1. The van der Waals surface area contributed by atoms with Gasteiger partial charge in [-0.05, 0) is 32.8 Å². The lowest BCUT2D eigenvalue weighted by Crippen LogP contribution is -2.45. The van der Waals surface area contributed by atoms with Crippen LogP contribution in [-0.2, 0) is 11.2 Å². The van der Waals surface area contributed by atoms with Crippen LogP contribution in [-0.4, -0.2) is 41.7 Å². The Labute approximate surface area is 120 Å². The van der Waals surface area contributed by atoms with Crippen LogP contribution >= 0.6 is 0 Å². The van der Waals surface area contributed by atoms with Crippen LogP contribution in [0.5, 0.6) is 5.75 Å². The van der Waals surface area contributed by atoms with E-state index in [-0.39, 0.29) is 5.91 Å². The predicted octanol–water partition coefficient (Wildman–Crippen LogP) is 1.92. The summed E-state index contributed by atoms with van der Waals surface area (Å²) in [5.74, 6) is 0.859. The lowest BCUT2D eigenvalue weighted by molar-refractivity contribution is -0.134. The molecule has 1 heterocycles. The van der Waals surface area contributed by atoms with Gasteiger partial charge in [0.1, 0.15) is 5.75 Å². The molecular weight excluding hydrogens is 254 g/mol. The van der Waals surface area contributed by atoms with Gasteiger partial charge >= 0.3 is 0 Å². The maximum absolute atomic E-state index is 12.3. The standard InChI is InChI=1S/C16H23NO3/c1-12-4-5-14(20-3)13(10-12)11-15(18)17-8-6-16(2,19)7-9-17/h4-5,10,19H,6-9,11H2,1-3H3. The summed E-state index contributed by atoms with van der Waals surface area (Å²) >= 11 is 0. The van der Waals surface area contributed by atoms with E-state index >= 15 is 0 Å². The minimum absolute atomic E-state index is 0.101. The number of likely N-dealkylation sites (tertiary alicyclic amines) is 1. The molecule has 1 aromatic carbocycles. The Kier molecular flexibility index (Phi) is 4.33. The van der Waals surface area contributed by atoms with Crippen LogP contribution in [0, 0.1) is 6.92 Å². The first kappa shape index (κ1) is 14.9. The van der Waals surface area contributed by atoms with Crippen LogP contribution in [0.3, 0.4) is 0 Å². The summed E-state index contributed by atoms with van der Waals surface area (Å²) in [6.07, 6.45) is 1.64. The average molecular weight is 277 g/mol. The van der Waals surface area contributed by atoms with Crippen molar-refractivity contribution >= 4 is 5.91 Å². The summed E-state index contributed by atoms with van der Waals surface area (Å²) < 4.78 is 5.31. The molecule has 1 fully saturated rings. The van der Waals surface area contributed by atoms with Crippen molar-refractivity contribution in [3.05, 3.63) is 29.3 Å². The van der Waals surface area contributed by atoms with Gasteiger partial charge in [0.2, 0.25) is 5.91 Å². The van der Waals surface area contributed by atoms with Crippen LogP contribution in [0.1, 0.15) is 30.9 Å². The van der Waals surface area contributed by atoms with Crippen molar-refractivity contribution in [2.45, 2.75) is 38.7 Å². The van der Waals surface area contributed by atoms with Crippen LogP contribution in [0.4, 0.5) is 0 Å². The quantitative estimate of drug-likeness (QED) is 0.918. The highest BCUT2D eigenvalue weighted by atomic mass is 16.5. The number of nitrogens with zero attached hydrogens (tertiary/aromatic N) is 1. The molecule has 0 atom stereocenters. The van der Waals surface area contributed by atoms with Crippen molar-refractivity contribution in [1.82, 2.24) is 4.90 Å². The number of amides is 1. The Balaban J connectivity index is 2.03. The molecule has 0 aliphatic carbocycles. The number of aryl methyl sites for hydroxylation is 1. The summed E-state index contributed by atoms with van der Waals surface area (Å²) in [5.41, 5.74) is 1.42. The smallest absolute Gasteiger partial charge is 0.227 e. The number of rotatable bonds is 3. The minimum atomic E-state index is -0.627. The van der Waals surface area contributed by atoms with E-state index in [1.807, 2.05) is 36.9 Å². The maximum Gasteiger partial charge on any atom is 0.227 e. The second-order valence-electron chi connectivity index (χ2n) is 5.87. The number of carbonyl (C=O) groups excluding carboxylic acids is 1. The number of hydrogen-bond donors (Lipinski definition) is 1. The molecule has 1 saturated heterocycles. The Morgan fingerprint density at radius 3 is 2.65 bits per heavy atom. The molecule has 0 unspecified atom stereocenters. The second-order valence-corrected chi connectivity index (χ2v) is 5.87. The molecule has 1 amide bonds. The molecule has 0 bridgehead atoms. The molecule has 1 aromatic rings. The Morgan fingerprint density at radius 2 is 2.05 bits per heavy atom. The lowest BCUT2D eigenvalue weighted by Gasteiger charge is -2.35. The van der Waals surface area contributed by atoms with E-state index in [0.29, 0.717) is 32.4 Å². The van der Waals surface area contributed by atoms with E-state index in [2.05, 4.69) is 0 Å². The van der Waals surface area contributed by atoms with Gasteiger partial charge in [0.05, 0.1) is 19.1 Å². The topological polar surface area (TPSA) is 49.8 Å². The van der Waals surface area contributed by atoms with E-state index in [1.54, 1.807) is 7.11 Å². The van der Waals surface area contributed by atoms with Gasteiger partial charge in [-0.15, -0.1) is 0 Å². The van der Waals surface area contributed by atoms with E-state index in [9.17, 15) is 9.90 Å². The van der Waals surface area contributed by atoms with Crippen LogP contribution < -0.4 is 4.74 Å². The zero-order valence-corrected chi connectivity index (χ0v) is 12.5. The third-order valence-corrected chi connectivity index (χ3v) is 3.97. The Morgan fingerprint density at radius 1 is 1.40 bits per heavy atom. The molecule has 1 aliphatic heterocycles. The van der Waals surface area contributed by atoms with Crippen molar-refractivity contribution in [1.29, 1.82) is 0 Å². The molecule has 0 saturated carbocycles. The van der Waals surface area contributed by atoms with Gasteiger partial charge in [-0.2, -0.15) is 0 Å². The highest BCUT2D eigenvalue weighted by Crippen LogP contribution is 2.24. The third-order valence-electron chi connectivity index (χ3n) is 3.97. The fourth-order valence-corrected chi connectivity index (χ4v) is 2.56. The molecule has 20 heavy (non-hydrogen) atoms. The summed E-state index contributed by atoms with van der Waals surface area (Å²) in [6.45, 7) is 5.09. The number of methoxy groups -OCH3 is 1. The number of aliphatic hydroxyl groups is 1. The summed E-state index contributed by atoms with van der Waals surface area (Å²) in [6, 6.07) is 5.88. The van der Waals surface area contributed by atoms with Crippen molar-refractivity contribution < 1.29 is 14.6 Å². The number of carbonyl (C=O) groups is 1. The molecule has 0 aromatic heterocycles. The van der Waals surface area contributed by atoms with Crippen molar-refractivity contribution in [2.24, 2.45) is 0 Å². The highest BCUT2D eigenvalue weighted by Gasteiger charge is 2.29. The summed E-state index contributed by atoms with van der Waals surface area (Å²) in [4.78, 5) is 14.2. The molecular formula is C16H23NO3. The molecule has 1 N–H and O–H groups in total. The molecule has 0 radical (unpaired) electrons. The minimum Gasteiger partial charge on any atom is -0.496 e. The van der Waals surface area contributed by atoms with Gasteiger partial charge in [0, 0.05) is 18.7 Å². The Hall–Kier alpha value is -1.55. The van der Waals surface area contributed by atoms with Crippen molar-refractivity contribution in [3.8, 4) is 5.75 Å². The summed E-state index contributed by atoms with van der Waals surface area (Å²) in [5, 5.41) is 9.92. The number of ether oxygens (including phenoxy) is 1. The van der Waals surface area contributed by atoms with E-state index < -0.39 is 5.60 Å². The monoisotopic (exact) mass is 277 g/mol. The zero-order valence-electron chi connectivity index (χ0n) is 12.5. The van der Waals surface area contributed by atoms with Gasteiger partial charge < -0.3 is 14.7 Å². The fourth-order valence-electron chi connectivity index (χ4n) is 2.56. The first-order valence-corrected chi connectivity index (χ1v) is 7.05. The van der Waals surface area contributed by atoms with Crippen LogP contribution in [0.15, 0.2) is 18.2 Å². The van der Waals surface area contributed by atoms with E-state index in [0.717, 1.165) is 16.9 Å². The van der Waals surface area contributed by atoms with E-state index in [1.165, 1.54) is 0 Å². The molecule has 4 nitrogen and oxygen atoms in total. The van der Waals surface area contributed by atoms with Gasteiger partial charge in [0.15, 0.2) is 0 Å². The molecule has 1 aliphatic rings.